The molecule has 1 heterocycles. The van der Waals surface area contributed by atoms with Crippen LogP contribution in [0.4, 0.5) is 0 Å². The second kappa shape index (κ2) is 5.64. The zero-order valence-corrected chi connectivity index (χ0v) is 10.9. The molecular formula is C11H23N3S. The van der Waals surface area contributed by atoms with E-state index in [2.05, 4.69) is 31.1 Å². The molecule has 1 aliphatic heterocycles. The topological polar surface area (TPSA) is 50.4 Å². The molecule has 0 aromatic rings. The molecule has 0 amide bonds. The summed E-state index contributed by atoms with van der Waals surface area (Å²) in [5, 5.41) is 3.18. The molecule has 0 atom stereocenters. The first-order chi connectivity index (χ1) is 6.97. The van der Waals surface area contributed by atoms with E-state index in [1.165, 1.54) is 24.3 Å². The second-order valence-corrected chi connectivity index (χ2v) is 6.38. The minimum atomic E-state index is 0.00992. The number of hydrogen-bond donors (Lipinski definition) is 2. The Bertz CT molecular complexity index is 214. The van der Waals surface area contributed by atoms with Gasteiger partial charge >= 0.3 is 0 Å². The SMILES string of the molecule is CC(C)(C)NC(N)=NCC1CCSCC1. The fourth-order valence-electron chi connectivity index (χ4n) is 1.58. The lowest BCUT2D eigenvalue weighted by Gasteiger charge is -2.23. The van der Waals surface area contributed by atoms with Crippen LogP contribution < -0.4 is 11.1 Å². The molecule has 4 heteroatoms. The second-order valence-electron chi connectivity index (χ2n) is 5.16. The van der Waals surface area contributed by atoms with Gasteiger partial charge in [0.2, 0.25) is 0 Å². The third-order valence-corrected chi connectivity index (χ3v) is 3.41. The predicted molar refractivity (Wildman–Crippen MR) is 69.4 cm³/mol. The Morgan fingerprint density at radius 1 is 1.40 bits per heavy atom. The maximum atomic E-state index is 5.81. The summed E-state index contributed by atoms with van der Waals surface area (Å²) in [6.45, 7) is 7.15. The first-order valence-electron chi connectivity index (χ1n) is 5.63. The van der Waals surface area contributed by atoms with Crippen molar-refractivity contribution in [2.24, 2.45) is 16.6 Å². The van der Waals surface area contributed by atoms with E-state index in [9.17, 15) is 0 Å². The van der Waals surface area contributed by atoms with E-state index >= 15 is 0 Å². The number of rotatable bonds is 2. The summed E-state index contributed by atoms with van der Waals surface area (Å²) in [6.07, 6.45) is 2.58. The maximum Gasteiger partial charge on any atom is 0.188 e. The van der Waals surface area contributed by atoms with Crippen LogP contribution in [0.1, 0.15) is 33.6 Å². The third-order valence-electron chi connectivity index (χ3n) is 2.36. The molecule has 1 fully saturated rings. The maximum absolute atomic E-state index is 5.81. The molecule has 0 unspecified atom stereocenters. The highest BCUT2D eigenvalue weighted by molar-refractivity contribution is 7.99. The van der Waals surface area contributed by atoms with Crippen LogP contribution in [0.25, 0.3) is 0 Å². The molecular weight excluding hydrogens is 206 g/mol. The minimum absolute atomic E-state index is 0.00992. The molecule has 3 N–H and O–H groups in total. The van der Waals surface area contributed by atoms with Crippen LogP contribution in [0.2, 0.25) is 0 Å². The summed E-state index contributed by atoms with van der Waals surface area (Å²) >= 11 is 2.05. The molecule has 1 saturated heterocycles. The van der Waals surface area contributed by atoms with Crippen molar-refractivity contribution in [3.05, 3.63) is 0 Å². The highest BCUT2D eigenvalue weighted by Crippen LogP contribution is 2.22. The van der Waals surface area contributed by atoms with E-state index in [1.54, 1.807) is 0 Å². The number of hydrogen-bond acceptors (Lipinski definition) is 2. The Balaban J connectivity index is 2.29. The van der Waals surface area contributed by atoms with Gasteiger partial charge in [-0.2, -0.15) is 11.8 Å². The van der Waals surface area contributed by atoms with Crippen LogP contribution in [-0.2, 0) is 0 Å². The van der Waals surface area contributed by atoms with Gasteiger partial charge in [0.1, 0.15) is 0 Å². The monoisotopic (exact) mass is 229 g/mol. The van der Waals surface area contributed by atoms with Crippen LogP contribution in [0.15, 0.2) is 4.99 Å². The van der Waals surface area contributed by atoms with Crippen molar-refractivity contribution in [2.45, 2.75) is 39.2 Å². The van der Waals surface area contributed by atoms with E-state index in [0.717, 1.165) is 12.5 Å². The lowest BCUT2D eigenvalue weighted by atomic mass is 10.0. The van der Waals surface area contributed by atoms with E-state index in [4.69, 9.17) is 5.73 Å². The lowest BCUT2D eigenvalue weighted by molar-refractivity contribution is 0.489. The quantitative estimate of drug-likeness (QED) is 0.561. The summed E-state index contributed by atoms with van der Waals surface area (Å²) in [4.78, 5) is 4.41. The Hall–Kier alpha value is -0.380. The fraction of sp³-hybridized carbons (Fsp3) is 0.909. The molecule has 0 spiro atoms. The summed E-state index contributed by atoms with van der Waals surface area (Å²) in [7, 11) is 0. The van der Waals surface area contributed by atoms with E-state index in [0.29, 0.717) is 5.96 Å². The highest BCUT2D eigenvalue weighted by Gasteiger charge is 2.14. The first-order valence-corrected chi connectivity index (χ1v) is 6.79. The first kappa shape index (κ1) is 12.7. The summed E-state index contributed by atoms with van der Waals surface area (Å²) in [5.41, 5.74) is 5.82. The van der Waals surface area contributed by atoms with Gasteiger partial charge in [-0.15, -0.1) is 0 Å². The average molecular weight is 229 g/mol. The summed E-state index contributed by atoms with van der Waals surface area (Å²) in [5.74, 6) is 3.90. The van der Waals surface area contributed by atoms with E-state index < -0.39 is 0 Å². The third kappa shape index (κ3) is 5.92. The molecule has 0 aliphatic carbocycles. The minimum Gasteiger partial charge on any atom is -0.370 e. The van der Waals surface area contributed by atoms with E-state index in [-0.39, 0.29) is 5.54 Å². The smallest absolute Gasteiger partial charge is 0.188 e. The standard InChI is InChI=1S/C11H23N3S/c1-11(2,3)14-10(12)13-8-9-4-6-15-7-5-9/h9H,4-8H2,1-3H3,(H3,12,13,14). The van der Waals surface area contributed by atoms with Crippen LogP contribution in [0.5, 0.6) is 0 Å². The number of nitrogens with one attached hydrogen (secondary N) is 1. The van der Waals surface area contributed by atoms with Gasteiger partial charge in [-0.05, 0) is 51.0 Å². The van der Waals surface area contributed by atoms with Gasteiger partial charge in [-0.3, -0.25) is 4.99 Å². The molecule has 0 saturated carbocycles. The van der Waals surface area contributed by atoms with Gasteiger partial charge in [0.25, 0.3) is 0 Å². The van der Waals surface area contributed by atoms with Crippen molar-refractivity contribution in [3.8, 4) is 0 Å². The number of nitrogens with two attached hydrogens (primary N) is 1. The molecule has 15 heavy (non-hydrogen) atoms. The van der Waals surface area contributed by atoms with Gasteiger partial charge in [-0.1, -0.05) is 0 Å². The Morgan fingerprint density at radius 2 is 2.00 bits per heavy atom. The Labute approximate surface area is 97.3 Å². The number of nitrogens with zero attached hydrogens (tertiary/aromatic N) is 1. The molecule has 3 nitrogen and oxygen atoms in total. The number of thioether (sulfide) groups is 1. The van der Waals surface area contributed by atoms with Gasteiger partial charge in [0, 0.05) is 12.1 Å². The van der Waals surface area contributed by atoms with Crippen LogP contribution in [0.3, 0.4) is 0 Å². The van der Waals surface area contributed by atoms with Crippen molar-refractivity contribution in [1.29, 1.82) is 0 Å². The molecule has 88 valence electrons. The average Bonchev–Trinajstić information content (AvgIpc) is 2.14. The predicted octanol–water partition coefficient (Wildman–Crippen LogP) is 1.83. The van der Waals surface area contributed by atoms with Crippen LogP contribution >= 0.6 is 11.8 Å². The van der Waals surface area contributed by atoms with Crippen LogP contribution in [0, 0.1) is 5.92 Å². The van der Waals surface area contributed by atoms with Crippen molar-refractivity contribution in [1.82, 2.24) is 5.32 Å². The van der Waals surface area contributed by atoms with Gasteiger partial charge < -0.3 is 11.1 Å². The highest BCUT2D eigenvalue weighted by atomic mass is 32.2. The summed E-state index contributed by atoms with van der Waals surface area (Å²) in [6, 6.07) is 0. The molecule has 0 bridgehead atoms. The van der Waals surface area contributed by atoms with Crippen molar-refractivity contribution < 1.29 is 0 Å². The van der Waals surface area contributed by atoms with Crippen LogP contribution in [-0.4, -0.2) is 29.5 Å². The zero-order valence-electron chi connectivity index (χ0n) is 10.0. The largest absolute Gasteiger partial charge is 0.370 e. The summed E-state index contributed by atoms with van der Waals surface area (Å²) < 4.78 is 0. The van der Waals surface area contributed by atoms with Crippen molar-refractivity contribution in [2.75, 3.05) is 18.1 Å². The number of aliphatic imine (C=N–C) groups is 1. The van der Waals surface area contributed by atoms with Gasteiger partial charge in [0.15, 0.2) is 5.96 Å². The number of guanidine groups is 1. The van der Waals surface area contributed by atoms with E-state index in [1.807, 2.05) is 11.8 Å². The molecule has 1 aliphatic rings. The Kier molecular flexibility index (Phi) is 4.77. The van der Waals surface area contributed by atoms with Crippen molar-refractivity contribution >= 4 is 17.7 Å². The van der Waals surface area contributed by atoms with Gasteiger partial charge in [0.05, 0.1) is 0 Å². The van der Waals surface area contributed by atoms with Gasteiger partial charge in [-0.25, -0.2) is 0 Å². The zero-order chi connectivity index (χ0) is 11.3. The lowest BCUT2D eigenvalue weighted by Crippen LogP contribution is -2.45. The normalized spacial score (nSPS) is 20.3. The molecule has 1 rings (SSSR count). The Morgan fingerprint density at radius 3 is 2.53 bits per heavy atom. The molecule has 0 radical (unpaired) electrons. The molecule has 0 aromatic carbocycles. The van der Waals surface area contributed by atoms with Crippen molar-refractivity contribution in [3.63, 3.8) is 0 Å². The fourth-order valence-corrected chi connectivity index (χ4v) is 2.78. The molecule has 0 aromatic heterocycles.